The number of benzene rings is 1. The first-order chi connectivity index (χ1) is 14.0. The van der Waals surface area contributed by atoms with Crippen molar-refractivity contribution in [1.29, 1.82) is 0 Å². The van der Waals surface area contributed by atoms with Crippen LogP contribution in [0.25, 0.3) is 0 Å². The van der Waals surface area contributed by atoms with Gasteiger partial charge in [-0.25, -0.2) is 4.39 Å². The summed E-state index contributed by atoms with van der Waals surface area (Å²) < 4.78 is 19.0. The molecular weight excluding hydrogens is 397 g/mol. The molecule has 1 aromatic heterocycles. The van der Waals surface area contributed by atoms with E-state index in [1.807, 2.05) is 6.92 Å². The van der Waals surface area contributed by atoms with Gasteiger partial charge < -0.3 is 15.0 Å². The van der Waals surface area contributed by atoms with Crippen molar-refractivity contribution in [2.45, 2.75) is 32.2 Å². The maximum atomic E-state index is 13.3. The van der Waals surface area contributed by atoms with Crippen LogP contribution in [0.5, 0.6) is 5.88 Å². The number of amides is 2. The van der Waals surface area contributed by atoms with Crippen LogP contribution in [-0.2, 0) is 16.0 Å². The van der Waals surface area contributed by atoms with Gasteiger partial charge in [0.2, 0.25) is 17.7 Å². The molecule has 1 atom stereocenters. The van der Waals surface area contributed by atoms with Crippen molar-refractivity contribution >= 4 is 34.9 Å². The molecule has 1 aromatic carbocycles. The van der Waals surface area contributed by atoms with E-state index >= 15 is 0 Å². The molecule has 2 heterocycles. The van der Waals surface area contributed by atoms with Gasteiger partial charge in [0.1, 0.15) is 29.8 Å². The Morgan fingerprint density at radius 2 is 2.03 bits per heavy atom. The van der Waals surface area contributed by atoms with Crippen LogP contribution in [0.3, 0.4) is 0 Å². The molecule has 6 nitrogen and oxygen atoms in total. The first-order valence-corrected chi connectivity index (χ1v) is 10.1. The summed E-state index contributed by atoms with van der Waals surface area (Å²) in [5, 5.41) is 2.89. The molecule has 1 saturated carbocycles. The third kappa shape index (κ3) is 4.19. The lowest BCUT2D eigenvalue weighted by Gasteiger charge is -2.34. The Hall–Kier alpha value is -2.67. The van der Waals surface area contributed by atoms with Crippen molar-refractivity contribution in [3.63, 3.8) is 0 Å². The third-order valence-electron chi connectivity index (χ3n) is 5.09. The van der Waals surface area contributed by atoms with Gasteiger partial charge in [-0.15, -0.1) is 11.6 Å². The molecule has 4 rings (SSSR count). The Bertz CT molecular complexity index is 947. The van der Waals surface area contributed by atoms with E-state index in [2.05, 4.69) is 10.3 Å². The molecule has 1 fully saturated rings. The number of ether oxygens (including phenoxy) is 1. The molecule has 2 amide bonds. The quantitative estimate of drug-likeness (QED) is 0.756. The van der Waals surface area contributed by atoms with E-state index in [4.69, 9.17) is 16.3 Å². The van der Waals surface area contributed by atoms with Crippen molar-refractivity contribution in [3.8, 4) is 5.88 Å². The van der Waals surface area contributed by atoms with Crippen LogP contribution in [0, 0.1) is 11.7 Å². The summed E-state index contributed by atoms with van der Waals surface area (Å²) in [6.45, 7) is 2.16. The first-order valence-electron chi connectivity index (χ1n) is 9.56. The molecule has 29 heavy (non-hydrogen) atoms. The van der Waals surface area contributed by atoms with Gasteiger partial charge in [0, 0.05) is 17.9 Å². The summed E-state index contributed by atoms with van der Waals surface area (Å²) in [5.41, 5.74) is 2.10. The normalized spacial score (nSPS) is 18.0. The molecule has 2 aliphatic rings. The zero-order valence-corrected chi connectivity index (χ0v) is 16.7. The molecule has 0 bridgehead atoms. The van der Waals surface area contributed by atoms with Gasteiger partial charge in [0.25, 0.3) is 0 Å². The minimum absolute atomic E-state index is 0.0155. The highest BCUT2D eigenvalue weighted by Crippen LogP contribution is 2.37. The van der Waals surface area contributed by atoms with Crippen molar-refractivity contribution in [3.05, 3.63) is 47.3 Å². The maximum Gasteiger partial charge on any atom is 0.242 e. The summed E-state index contributed by atoms with van der Waals surface area (Å²) in [7, 11) is 0. The fourth-order valence-electron chi connectivity index (χ4n) is 3.39. The van der Waals surface area contributed by atoms with Gasteiger partial charge in [0.05, 0.1) is 6.04 Å². The molecule has 0 radical (unpaired) electrons. The lowest BCUT2D eigenvalue weighted by molar-refractivity contribution is -0.118. The van der Waals surface area contributed by atoms with Crippen molar-refractivity contribution in [2.24, 2.45) is 5.92 Å². The Kier molecular flexibility index (Phi) is 5.41. The fraction of sp³-hybridized carbons (Fsp3) is 0.381. The number of fused-ring (bicyclic) bond motifs is 1. The number of rotatable bonds is 5. The van der Waals surface area contributed by atoms with Gasteiger partial charge in [0.15, 0.2) is 0 Å². The summed E-state index contributed by atoms with van der Waals surface area (Å²) >= 11 is 5.80. The molecule has 1 aliphatic carbocycles. The second kappa shape index (κ2) is 7.99. The van der Waals surface area contributed by atoms with Crippen LogP contribution in [0.4, 0.5) is 15.9 Å². The number of aromatic nitrogens is 1. The van der Waals surface area contributed by atoms with Crippen molar-refractivity contribution in [2.75, 3.05) is 22.7 Å². The summed E-state index contributed by atoms with van der Waals surface area (Å²) in [5.74, 6) is -0.0866. The summed E-state index contributed by atoms with van der Waals surface area (Å²) in [6.07, 6.45) is 2.16. The van der Waals surface area contributed by atoms with Crippen molar-refractivity contribution < 1.29 is 18.7 Å². The SMILES string of the molecule is CC1COc2nc(NC(=O)C3CC3)c(Cc3ccc(F)cc3)cc2N1C(=O)CCl. The molecule has 152 valence electrons. The highest BCUT2D eigenvalue weighted by atomic mass is 35.5. The molecule has 8 heteroatoms. The zero-order chi connectivity index (χ0) is 20.5. The standard InChI is InChI=1S/C21H21ClFN3O3/c1-12-11-29-21-17(26(12)18(27)10-22)9-15(8-13-2-6-16(23)7-3-13)19(25-21)24-20(28)14-4-5-14/h2-3,6-7,9,12,14H,4-5,8,10-11H2,1H3,(H,24,25,28). The van der Waals surface area contributed by atoms with Crippen LogP contribution in [0.2, 0.25) is 0 Å². The Morgan fingerprint density at radius 3 is 2.69 bits per heavy atom. The molecule has 1 N–H and O–H groups in total. The van der Waals surface area contributed by atoms with E-state index in [9.17, 15) is 14.0 Å². The maximum absolute atomic E-state index is 13.3. The van der Waals surface area contributed by atoms with Crippen LogP contribution in [0.15, 0.2) is 30.3 Å². The number of alkyl halides is 1. The number of carbonyl (C=O) groups is 2. The van der Waals surface area contributed by atoms with Gasteiger partial charge in [-0.05, 0) is 43.5 Å². The minimum Gasteiger partial charge on any atom is -0.474 e. The largest absolute Gasteiger partial charge is 0.474 e. The topological polar surface area (TPSA) is 71.5 Å². The second-order valence-corrected chi connectivity index (χ2v) is 7.71. The van der Waals surface area contributed by atoms with E-state index in [1.54, 1.807) is 23.1 Å². The monoisotopic (exact) mass is 417 g/mol. The lowest BCUT2D eigenvalue weighted by atomic mass is 10.0. The third-order valence-corrected chi connectivity index (χ3v) is 5.32. The first kappa shape index (κ1) is 19.6. The predicted octanol–water partition coefficient (Wildman–Crippen LogP) is 3.51. The molecule has 0 spiro atoms. The van der Waals surface area contributed by atoms with E-state index in [0.717, 1.165) is 24.0 Å². The molecule has 0 saturated heterocycles. The van der Waals surface area contributed by atoms with E-state index in [1.165, 1.54) is 12.1 Å². The van der Waals surface area contributed by atoms with Crippen LogP contribution in [-0.4, -0.2) is 35.3 Å². The van der Waals surface area contributed by atoms with Crippen LogP contribution >= 0.6 is 11.6 Å². The number of nitrogens with one attached hydrogen (secondary N) is 1. The predicted molar refractivity (Wildman–Crippen MR) is 108 cm³/mol. The average molecular weight is 418 g/mol. The Labute approximate surface area is 173 Å². The molecule has 1 aliphatic heterocycles. The summed E-state index contributed by atoms with van der Waals surface area (Å²) in [4.78, 5) is 30.8. The van der Waals surface area contributed by atoms with Crippen LogP contribution < -0.4 is 15.0 Å². The van der Waals surface area contributed by atoms with Gasteiger partial charge in [-0.3, -0.25) is 9.59 Å². The number of pyridine rings is 1. The molecule has 1 unspecified atom stereocenters. The highest BCUT2D eigenvalue weighted by molar-refractivity contribution is 6.29. The average Bonchev–Trinajstić information content (AvgIpc) is 3.55. The number of halogens is 2. The fourth-order valence-corrected chi connectivity index (χ4v) is 3.52. The molecular formula is C21H21ClFN3O3. The smallest absolute Gasteiger partial charge is 0.242 e. The van der Waals surface area contributed by atoms with E-state index in [-0.39, 0.29) is 48.0 Å². The number of anilines is 2. The summed E-state index contributed by atoms with van der Waals surface area (Å²) in [6, 6.07) is 7.75. The zero-order valence-electron chi connectivity index (χ0n) is 16.0. The minimum atomic E-state index is -0.319. The van der Waals surface area contributed by atoms with Gasteiger partial charge >= 0.3 is 0 Å². The lowest BCUT2D eigenvalue weighted by Crippen LogP contribution is -2.46. The number of hydrogen-bond acceptors (Lipinski definition) is 4. The van der Waals surface area contributed by atoms with Gasteiger partial charge in [-0.2, -0.15) is 4.98 Å². The number of hydrogen-bond donors (Lipinski definition) is 1. The van der Waals surface area contributed by atoms with Gasteiger partial charge in [-0.1, -0.05) is 12.1 Å². The van der Waals surface area contributed by atoms with E-state index < -0.39 is 0 Å². The van der Waals surface area contributed by atoms with E-state index in [0.29, 0.717) is 17.9 Å². The number of nitrogens with zero attached hydrogens (tertiary/aromatic N) is 2. The van der Waals surface area contributed by atoms with Crippen LogP contribution in [0.1, 0.15) is 30.9 Å². The highest BCUT2D eigenvalue weighted by Gasteiger charge is 2.33. The molecule has 2 aromatic rings. The second-order valence-electron chi connectivity index (χ2n) is 7.44. The Morgan fingerprint density at radius 1 is 1.31 bits per heavy atom. The Balaban J connectivity index is 1.74. The number of carbonyl (C=O) groups excluding carboxylic acids is 2. The van der Waals surface area contributed by atoms with Crippen molar-refractivity contribution in [1.82, 2.24) is 4.98 Å².